The summed E-state index contributed by atoms with van der Waals surface area (Å²) in [7, 11) is 0. The van der Waals surface area contributed by atoms with Crippen molar-refractivity contribution < 1.29 is 4.79 Å². The molecular formula is C14H22N2OS. The maximum absolute atomic E-state index is 12.1. The average Bonchev–Trinajstić information content (AvgIpc) is 2.83. The van der Waals surface area contributed by atoms with E-state index in [9.17, 15) is 4.79 Å². The monoisotopic (exact) mass is 266 g/mol. The minimum absolute atomic E-state index is 0.126. The number of thioether (sulfide) groups is 1. The Bertz CT molecular complexity index is 353. The maximum atomic E-state index is 12.1. The van der Waals surface area contributed by atoms with Crippen LogP contribution in [0.4, 0.5) is 0 Å². The van der Waals surface area contributed by atoms with Crippen molar-refractivity contribution in [3.8, 4) is 0 Å². The maximum Gasteiger partial charge on any atom is 0.264 e. The number of hydrogen-bond donors (Lipinski definition) is 1. The first-order valence-electron chi connectivity index (χ1n) is 7.37. The fraction of sp³-hybridized carbons (Fsp3) is 0.857. The molecular weight excluding hydrogens is 244 g/mol. The Morgan fingerprint density at radius 1 is 1.06 bits per heavy atom. The number of amides is 1. The second kappa shape index (κ2) is 5.24. The second-order valence-corrected chi connectivity index (χ2v) is 7.23. The number of nitrogens with zero attached hydrogens (tertiary/aromatic N) is 1. The standard InChI is InChI=1S/C14H22N2OS/c17-12-14(9-5-6-10-14)18-13(16-12)15-11-7-3-1-2-4-8-11/h11H,1-10H2,(H,15,16,17). The third-order valence-electron chi connectivity index (χ3n) is 4.48. The van der Waals surface area contributed by atoms with E-state index < -0.39 is 0 Å². The Morgan fingerprint density at radius 2 is 1.72 bits per heavy atom. The molecule has 3 aliphatic rings. The Labute approximate surface area is 113 Å². The summed E-state index contributed by atoms with van der Waals surface area (Å²) < 4.78 is -0.174. The first kappa shape index (κ1) is 12.5. The first-order valence-corrected chi connectivity index (χ1v) is 8.19. The van der Waals surface area contributed by atoms with Crippen LogP contribution in [0.2, 0.25) is 0 Å². The molecule has 18 heavy (non-hydrogen) atoms. The van der Waals surface area contributed by atoms with Crippen molar-refractivity contribution in [2.45, 2.75) is 75.0 Å². The molecule has 1 N–H and O–H groups in total. The van der Waals surface area contributed by atoms with Gasteiger partial charge in [-0.05, 0) is 25.7 Å². The number of hydrogen-bond acceptors (Lipinski definition) is 3. The molecule has 0 bridgehead atoms. The molecule has 3 rings (SSSR count). The third-order valence-corrected chi connectivity index (χ3v) is 5.85. The van der Waals surface area contributed by atoms with E-state index in [0.717, 1.165) is 18.0 Å². The molecule has 0 radical (unpaired) electrons. The van der Waals surface area contributed by atoms with Crippen molar-refractivity contribution in [2.75, 3.05) is 0 Å². The minimum Gasteiger partial charge on any atom is -0.362 e. The van der Waals surface area contributed by atoms with Crippen LogP contribution in [0.15, 0.2) is 4.99 Å². The van der Waals surface area contributed by atoms with Crippen molar-refractivity contribution in [2.24, 2.45) is 4.99 Å². The molecule has 2 aliphatic carbocycles. The van der Waals surface area contributed by atoms with Crippen LogP contribution in [0.25, 0.3) is 0 Å². The van der Waals surface area contributed by atoms with Gasteiger partial charge in [-0.15, -0.1) is 0 Å². The van der Waals surface area contributed by atoms with Crippen LogP contribution in [-0.2, 0) is 4.79 Å². The molecule has 100 valence electrons. The number of amidine groups is 1. The van der Waals surface area contributed by atoms with Crippen molar-refractivity contribution in [3.63, 3.8) is 0 Å². The zero-order chi connectivity index (χ0) is 12.4. The number of rotatable bonds is 1. The van der Waals surface area contributed by atoms with Crippen molar-refractivity contribution in [1.82, 2.24) is 5.32 Å². The Balaban J connectivity index is 1.60. The van der Waals surface area contributed by atoms with Gasteiger partial charge in [-0.1, -0.05) is 50.3 Å². The summed E-state index contributed by atoms with van der Waals surface area (Å²) in [5.41, 5.74) is 0. The molecule has 1 amide bonds. The van der Waals surface area contributed by atoms with Gasteiger partial charge in [0, 0.05) is 6.04 Å². The van der Waals surface area contributed by atoms with Gasteiger partial charge in [-0.25, -0.2) is 0 Å². The van der Waals surface area contributed by atoms with Gasteiger partial charge in [0.15, 0.2) is 5.17 Å². The van der Waals surface area contributed by atoms with Crippen LogP contribution < -0.4 is 5.32 Å². The van der Waals surface area contributed by atoms with Gasteiger partial charge in [-0.3, -0.25) is 4.79 Å². The van der Waals surface area contributed by atoms with E-state index in [1.165, 1.54) is 51.4 Å². The Morgan fingerprint density at radius 3 is 2.39 bits per heavy atom. The number of nitrogens with one attached hydrogen (secondary N) is 1. The molecule has 2 saturated carbocycles. The summed E-state index contributed by atoms with van der Waals surface area (Å²) in [5, 5.41) is 4.44. The molecule has 0 aromatic rings. The van der Waals surface area contributed by atoms with E-state index in [1.54, 1.807) is 11.8 Å². The summed E-state index contributed by atoms with van der Waals surface area (Å²) >= 11 is 1.72. The van der Waals surface area contributed by atoms with E-state index in [2.05, 4.69) is 10.3 Å². The summed E-state index contributed by atoms with van der Waals surface area (Å²) in [6.07, 6.45) is 12.2. The first-order chi connectivity index (χ1) is 8.78. The highest BCUT2D eigenvalue weighted by Gasteiger charge is 2.47. The van der Waals surface area contributed by atoms with E-state index >= 15 is 0 Å². The number of carbonyl (C=O) groups excluding carboxylic acids is 1. The van der Waals surface area contributed by atoms with Gasteiger partial charge >= 0.3 is 0 Å². The van der Waals surface area contributed by atoms with Crippen LogP contribution in [0.5, 0.6) is 0 Å². The van der Waals surface area contributed by atoms with E-state index in [-0.39, 0.29) is 10.7 Å². The van der Waals surface area contributed by atoms with Gasteiger partial charge < -0.3 is 5.32 Å². The lowest BCUT2D eigenvalue weighted by molar-refractivity contribution is -0.119. The largest absolute Gasteiger partial charge is 0.362 e. The van der Waals surface area contributed by atoms with Gasteiger partial charge in [0.05, 0.1) is 0 Å². The third kappa shape index (κ3) is 2.44. The lowest BCUT2D eigenvalue weighted by Crippen LogP contribution is -2.33. The van der Waals surface area contributed by atoms with E-state index in [4.69, 9.17) is 0 Å². The van der Waals surface area contributed by atoms with Gasteiger partial charge in [0.2, 0.25) is 0 Å². The predicted molar refractivity (Wildman–Crippen MR) is 75.9 cm³/mol. The lowest BCUT2D eigenvalue weighted by atomic mass is 10.1. The van der Waals surface area contributed by atoms with E-state index in [1.807, 2.05) is 0 Å². The predicted octanol–water partition coefficient (Wildman–Crippen LogP) is 3.24. The van der Waals surface area contributed by atoms with Gasteiger partial charge in [0.25, 0.3) is 5.91 Å². The molecule has 1 spiro atoms. The summed E-state index contributed by atoms with van der Waals surface area (Å²) in [6, 6.07) is 0.545. The summed E-state index contributed by atoms with van der Waals surface area (Å²) in [6.45, 7) is 0. The van der Waals surface area contributed by atoms with Crippen LogP contribution in [-0.4, -0.2) is 21.9 Å². The zero-order valence-corrected chi connectivity index (χ0v) is 11.7. The quantitative estimate of drug-likeness (QED) is 0.741. The molecule has 4 heteroatoms. The normalized spacial score (nSPS) is 28.4. The second-order valence-electron chi connectivity index (χ2n) is 5.86. The van der Waals surface area contributed by atoms with E-state index in [0.29, 0.717) is 6.04 Å². The molecule has 0 atom stereocenters. The molecule has 0 aromatic carbocycles. The summed E-state index contributed by atoms with van der Waals surface area (Å²) in [4.78, 5) is 16.3. The fourth-order valence-electron chi connectivity index (χ4n) is 3.37. The van der Waals surface area contributed by atoms with Crippen molar-refractivity contribution >= 4 is 22.8 Å². The summed E-state index contributed by atoms with van der Waals surface area (Å²) in [5.74, 6) is 0.126. The van der Waals surface area contributed by atoms with Crippen LogP contribution in [0.3, 0.4) is 0 Å². The molecule has 0 unspecified atom stereocenters. The molecule has 1 heterocycles. The van der Waals surface area contributed by atoms with Gasteiger partial charge in [-0.2, -0.15) is 4.99 Å². The average molecular weight is 266 g/mol. The molecule has 0 saturated heterocycles. The highest BCUT2D eigenvalue weighted by Crippen LogP contribution is 2.46. The minimum atomic E-state index is -0.174. The van der Waals surface area contributed by atoms with Crippen LogP contribution in [0, 0.1) is 0 Å². The molecule has 1 aliphatic heterocycles. The topological polar surface area (TPSA) is 41.5 Å². The SMILES string of the molecule is O=C1N=C(NC2CCCCCC2)SC12CCCC2. The van der Waals surface area contributed by atoms with Crippen LogP contribution in [0.1, 0.15) is 64.2 Å². The van der Waals surface area contributed by atoms with Crippen LogP contribution >= 0.6 is 11.8 Å². The zero-order valence-electron chi connectivity index (χ0n) is 10.9. The fourth-order valence-corrected chi connectivity index (χ4v) is 4.72. The number of carbonyl (C=O) groups is 1. The Hall–Kier alpha value is -0.510. The highest BCUT2D eigenvalue weighted by molar-refractivity contribution is 8.16. The van der Waals surface area contributed by atoms with Gasteiger partial charge in [0.1, 0.15) is 4.75 Å². The smallest absolute Gasteiger partial charge is 0.264 e. The number of aliphatic imine (C=N–C) groups is 1. The highest BCUT2D eigenvalue weighted by atomic mass is 32.2. The van der Waals surface area contributed by atoms with Crippen molar-refractivity contribution in [3.05, 3.63) is 0 Å². The Kier molecular flexibility index (Phi) is 3.64. The molecule has 3 nitrogen and oxygen atoms in total. The van der Waals surface area contributed by atoms with Crippen molar-refractivity contribution in [1.29, 1.82) is 0 Å². The molecule has 2 fully saturated rings. The lowest BCUT2D eigenvalue weighted by Gasteiger charge is -2.20. The molecule has 0 aromatic heterocycles.